The van der Waals surface area contributed by atoms with Gasteiger partial charge >= 0.3 is 6.18 Å². The minimum absolute atomic E-state index is 0.00613. The first-order chi connectivity index (χ1) is 11.5. The van der Waals surface area contributed by atoms with Crippen LogP contribution in [0.25, 0.3) is 0 Å². The summed E-state index contributed by atoms with van der Waals surface area (Å²) in [6.07, 6.45) is -3.82. The summed E-state index contributed by atoms with van der Waals surface area (Å²) in [5.74, 6) is -0.759. The highest BCUT2D eigenvalue weighted by Gasteiger charge is 2.33. The van der Waals surface area contributed by atoms with Crippen molar-refractivity contribution >= 4 is 29.1 Å². The monoisotopic (exact) mass is 379 g/mol. The van der Waals surface area contributed by atoms with Crippen LogP contribution in [-0.4, -0.2) is 42.9 Å². The second-order valence-corrected chi connectivity index (χ2v) is 6.20. The molecule has 1 aromatic carbocycles. The number of nitrogens with one attached hydrogen (secondary N) is 2. The third kappa shape index (κ3) is 7.31. The topological polar surface area (TPSA) is 61.4 Å². The summed E-state index contributed by atoms with van der Waals surface area (Å²) >= 11 is 5.53. The van der Waals surface area contributed by atoms with Crippen molar-refractivity contribution in [2.45, 2.75) is 32.5 Å². The van der Waals surface area contributed by atoms with Gasteiger partial charge in [0, 0.05) is 11.7 Å². The van der Waals surface area contributed by atoms with E-state index in [2.05, 4.69) is 10.6 Å². The Morgan fingerprint density at radius 3 is 2.40 bits per heavy atom. The molecule has 2 amide bonds. The zero-order valence-electron chi connectivity index (χ0n) is 14.2. The number of hydrogen-bond acceptors (Lipinski definition) is 3. The number of halogens is 4. The molecule has 2 N–H and O–H groups in total. The number of benzene rings is 1. The SMILES string of the molecule is CC[C@@H](C)NC(=O)CN(C)CC(=O)Nc1ccc(Cl)c(C(F)(F)F)c1. The van der Waals surface area contributed by atoms with E-state index < -0.39 is 22.7 Å². The Morgan fingerprint density at radius 1 is 1.24 bits per heavy atom. The van der Waals surface area contributed by atoms with Gasteiger partial charge in [0.05, 0.1) is 23.7 Å². The third-order valence-electron chi connectivity index (χ3n) is 3.40. The summed E-state index contributed by atoms with van der Waals surface area (Å²) in [5, 5.41) is 4.69. The average molecular weight is 380 g/mol. The number of alkyl halides is 3. The number of anilines is 1. The zero-order valence-corrected chi connectivity index (χ0v) is 15.0. The third-order valence-corrected chi connectivity index (χ3v) is 3.73. The quantitative estimate of drug-likeness (QED) is 0.765. The molecular formula is C16H21ClF3N3O2. The van der Waals surface area contributed by atoms with Crippen LogP contribution in [0.4, 0.5) is 18.9 Å². The van der Waals surface area contributed by atoms with Crippen molar-refractivity contribution in [1.82, 2.24) is 10.2 Å². The molecule has 0 saturated heterocycles. The Kier molecular flexibility index (Phi) is 7.69. The average Bonchev–Trinajstić information content (AvgIpc) is 2.47. The molecule has 25 heavy (non-hydrogen) atoms. The van der Waals surface area contributed by atoms with Crippen LogP contribution in [-0.2, 0) is 15.8 Å². The Morgan fingerprint density at radius 2 is 1.84 bits per heavy atom. The van der Waals surface area contributed by atoms with Crippen LogP contribution in [0, 0.1) is 0 Å². The molecule has 0 spiro atoms. The molecule has 0 heterocycles. The Balaban J connectivity index is 2.61. The number of hydrogen-bond donors (Lipinski definition) is 2. The van der Waals surface area contributed by atoms with Crippen LogP contribution in [0.1, 0.15) is 25.8 Å². The van der Waals surface area contributed by atoms with Crippen molar-refractivity contribution in [3.05, 3.63) is 28.8 Å². The second-order valence-electron chi connectivity index (χ2n) is 5.79. The Hall–Kier alpha value is -1.80. The normalized spacial score (nSPS) is 12.8. The lowest BCUT2D eigenvalue weighted by Crippen LogP contribution is -2.41. The summed E-state index contributed by atoms with van der Waals surface area (Å²) in [7, 11) is 1.57. The first-order valence-electron chi connectivity index (χ1n) is 7.67. The number of likely N-dealkylation sites (N-methyl/N-ethyl adjacent to an activating group) is 1. The molecule has 0 aliphatic carbocycles. The second kappa shape index (κ2) is 9.05. The maximum atomic E-state index is 12.8. The van der Waals surface area contributed by atoms with E-state index in [1.807, 2.05) is 13.8 Å². The van der Waals surface area contributed by atoms with Crippen LogP contribution < -0.4 is 10.6 Å². The van der Waals surface area contributed by atoms with Crippen molar-refractivity contribution in [3.63, 3.8) is 0 Å². The van der Waals surface area contributed by atoms with Gasteiger partial charge in [-0.15, -0.1) is 0 Å². The minimum Gasteiger partial charge on any atom is -0.353 e. The van der Waals surface area contributed by atoms with E-state index in [1.54, 1.807) is 7.05 Å². The van der Waals surface area contributed by atoms with Crippen LogP contribution in [0.5, 0.6) is 0 Å². The van der Waals surface area contributed by atoms with E-state index in [1.165, 1.54) is 11.0 Å². The summed E-state index contributed by atoms with van der Waals surface area (Å²) in [6.45, 7) is 3.66. The van der Waals surface area contributed by atoms with Gasteiger partial charge in [0.25, 0.3) is 0 Å². The Labute approximate surface area is 149 Å². The van der Waals surface area contributed by atoms with Crippen molar-refractivity contribution in [1.29, 1.82) is 0 Å². The minimum atomic E-state index is -4.61. The van der Waals surface area contributed by atoms with Crippen molar-refractivity contribution in [2.75, 3.05) is 25.5 Å². The molecule has 9 heteroatoms. The van der Waals surface area contributed by atoms with Crippen molar-refractivity contribution < 1.29 is 22.8 Å². The van der Waals surface area contributed by atoms with Gasteiger partial charge in [-0.25, -0.2) is 0 Å². The number of amides is 2. The van der Waals surface area contributed by atoms with E-state index in [0.29, 0.717) is 0 Å². The van der Waals surface area contributed by atoms with E-state index >= 15 is 0 Å². The number of carbonyl (C=O) groups is 2. The van der Waals surface area contributed by atoms with Gasteiger partial charge in [-0.05, 0) is 38.6 Å². The van der Waals surface area contributed by atoms with Crippen LogP contribution in [0.3, 0.4) is 0 Å². The predicted octanol–water partition coefficient (Wildman–Crippen LogP) is 3.14. The molecule has 0 fully saturated rings. The van der Waals surface area contributed by atoms with E-state index in [0.717, 1.165) is 18.6 Å². The fourth-order valence-electron chi connectivity index (χ4n) is 1.99. The molecule has 0 aromatic heterocycles. The summed E-state index contributed by atoms with van der Waals surface area (Å²) in [5.41, 5.74) is -1.03. The molecule has 0 saturated carbocycles. The molecule has 1 rings (SSSR count). The van der Waals surface area contributed by atoms with Crippen LogP contribution in [0.15, 0.2) is 18.2 Å². The van der Waals surface area contributed by atoms with Gasteiger partial charge in [-0.2, -0.15) is 13.2 Å². The highest BCUT2D eigenvalue weighted by atomic mass is 35.5. The lowest BCUT2D eigenvalue weighted by molar-refractivity contribution is -0.137. The van der Waals surface area contributed by atoms with Gasteiger partial charge in [0.1, 0.15) is 0 Å². The number of rotatable bonds is 7. The van der Waals surface area contributed by atoms with E-state index in [9.17, 15) is 22.8 Å². The first kappa shape index (κ1) is 21.2. The van der Waals surface area contributed by atoms with Gasteiger partial charge in [-0.3, -0.25) is 14.5 Å². The fraction of sp³-hybridized carbons (Fsp3) is 0.500. The molecular weight excluding hydrogens is 359 g/mol. The van der Waals surface area contributed by atoms with Crippen LogP contribution in [0.2, 0.25) is 5.02 Å². The number of carbonyl (C=O) groups excluding carboxylic acids is 2. The maximum absolute atomic E-state index is 12.8. The molecule has 0 aliphatic rings. The molecule has 0 unspecified atom stereocenters. The van der Waals surface area contributed by atoms with Crippen molar-refractivity contribution in [2.24, 2.45) is 0 Å². The molecule has 5 nitrogen and oxygen atoms in total. The summed E-state index contributed by atoms with van der Waals surface area (Å²) in [6, 6.07) is 3.16. The molecule has 0 bridgehead atoms. The van der Waals surface area contributed by atoms with Crippen LogP contribution >= 0.6 is 11.6 Å². The smallest absolute Gasteiger partial charge is 0.353 e. The molecule has 0 radical (unpaired) electrons. The lowest BCUT2D eigenvalue weighted by atomic mass is 10.2. The van der Waals surface area contributed by atoms with Crippen molar-refractivity contribution in [3.8, 4) is 0 Å². The molecule has 1 aromatic rings. The summed E-state index contributed by atoms with van der Waals surface area (Å²) in [4.78, 5) is 25.1. The van der Waals surface area contributed by atoms with Gasteiger partial charge in [0.2, 0.25) is 11.8 Å². The summed E-state index contributed by atoms with van der Waals surface area (Å²) < 4.78 is 38.4. The maximum Gasteiger partial charge on any atom is 0.417 e. The molecule has 0 aliphatic heterocycles. The van der Waals surface area contributed by atoms with E-state index in [-0.39, 0.29) is 30.7 Å². The van der Waals surface area contributed by atoms with Gasteiger partial charge in [-0.1, -0.05) is 18.5 Å². The first-order valence-corrected chi connectivity index (χ1v) is 8.05. The molecule has 140 valence electrons. The zero-order chi connectivity index (χ0) is 19.2. The predicted molar refractivity (Wildman–Crippen MR) is 90.5 cm³/mol. The fourth-order valence-corrected chi connectivity index (χ4v) is 2.21. The number of nitrogens with zero attached hydrogens (tertiary/aromatic N) is 1. The van der Waals surface area contributed by atoms with Gasteiger partial charge in [0.15, 0.2) is 0 Å². The standard InChI is InChI=1S/C16H21ClF3N3O2/c1-4-10(2)21-14(24)8-23(3)9-15(25)22-11-5-6-13(17)12(7-11)16(18,19)20/h5-7,10H,4,8-9H2,1-3H3,(H,21,24)(H,22,25)/t10-/m1/s1. The highest BCUT2D eigenvalue weighted by Crippen LogP contribution is 2.36. The Bertz CT molecular complexity index is 623. The molecule has 1 atom stereocenters. The largest absolute Gasteiger partial charge is 0.417 e. The van der Waals surface area contributed by atoms with E-state index in [4.69, 9.17) is 11.6 Å². The lowest BCUT2D eigenvalue weighted by Gasteiger charge is -2.18. The van der Waals surface area contributed by atoms with Gasteiger partial charge < -0.3 is 10.6 Å². The highest BCUT2D eigenvalue weighted by molar-refractivity contribution is 6.31.